The van der Waals surface area contributed by atoms with Crippen LogP contribution in [0.1, 0.15) is 37.3 Å². The van der Waals surface area contributed by atoms with Crippen LogP contribution in [0, 0.1) is 0 Å². The largest absolute Gasteiger partial charge is 0.386 e. The monoisotopic (exact) mass is 421 g/mol. The molecule has 162 valence electrons. The summed E-state index contributed by atoms with van der Waals surface area (Å²) >= 11 is 0. The number of carbonyl (C=O) groups is 2. The number of nitrogens with zero attached hydrogens (tertiary/aromatic N) is 3. The van der Waals surface area contributed by atoms with Gasteiger partial charge in [0.15, 0.2) is 5.60 Å². The van der Waals surface area contributed by atoms with Crippen LogP contribution in [0.25, 0.3) is 0 Å². The molecule has 1 fully saturated rings. The number of likely N-dealkylation sites (tertiary alicyclic amines) is 1. The van der Waals surface area contributed by atoms with Gasteiger partial charge in [0.2, 0.25) is 0 Å². The van der Waals surface area contributed by atoms with Gasteiger partial charge in [-0.15, -0.1) is 0 Å². The quantitative estimate of drug-likeness (QED) is 0.775. The highest BCUT2D eigenvalue weighted by atomic mass is 16.7. The van der Waals surface area contributed by atoms with E-state index in [2.05, 4.69) is 27.7 Å². The molecular weight excluding hydrogens is 394 g/mol. The first kappa shape index (κ1) is 20.8. The molecule has 1 aromatic heterocycles. The number of urea groups is 1. The van der Waals surface area contributed by atoms with Gasteiger partial charge in [-0.3, -0.25) is 9.78 Å². The van der Waals surface area contributed by atoms with Crippen molar-refractivity contribution >= 4 is 23.3 Å². The second-order valence-corrected chi connectivity index (χ2v) is 8.03. The van der Waals surface area contributed by atoms with Crippen molar-refractivity contribution in [3.05, 3.63) is 59.9 Å². The van der Waals surface area contributed by atoms with E-state index in [0.717, 1.165) is 30.5 Å². The molecule has 3 heterocycles. The van der Waals surface area contributed by atoms with E-state index in [1.807, 2.05) is 36.4 Å². The third-order valence-electron chi connectivity index (χ3n) is 5.74. The molecule has 1 aromatic carbocycles. The number of nitrogens with one attached hydrogen (secondary N) is 2. The van der Waals surface area contributed by atoms with Crippen molar-refractivity contribution in [3.63, 3.8) is 0 Å². The predicted molar refractivity (Wildman–Crippen MR) is 118 cm³/mol. The maximum absolute atomic E-state index is 12.8. The van der Waals surface area contributed by atoms with Gasteiger partial charge in [-0.25, -0.2) is 4.79 Å². The van der Waals surface area contributed by atoms with Gasteiger partial charge in [-0.2, -0.15) is 0 Å². The van der Waals surface area contributed by atoms with E-state index in [1.165, 1.54) is 5.56 Å². The molecule has 3 amide bonds. The number of hydrogen-bond acceptors (Lipinski definition) is 5. The van der Waals surface area contributed by atoms with Crippen LogP contribution < -0.4 is 10.6 Å². The van der Waals surface area contributed by atoms with E-state index < -0.39 is 5.60 Å². The van der Waals surface area contributed by atoms with Gasteiger partial charge >= 0.3 is 6.03 Å². The molecule has 0 radical (unpaired) electrons. The van der Waals surface area contributed by atoms with Gasteiger partial charge in [-0.05, 0) is 54.7 Å². The molecule has 8 nitrogen and oxygen atoms in total. The number of rotatable bonds is 5. The topological polar surface area (TPSA) is 95.9 Å². The fraction of sp³-hybridized carbons (Fsp3) is 0.391. The fourth-order valence-corrected chi connectivity index (χ4v) is 3.94. The molecule has 2 aromatic rings. The molecule has 4 rings (SSSR count). The van der Waals surface area contributed by atoms with Gasteiger partial charge in [0.25, 0.3) is 5.91 Å². The zero-order chi connectivity index (χ0) is 21.7. The minimum atomic E-state index is -0.634. The Bertz CT molecular complexity index is 961. The van der Waals surface area contributed by atoms with E-state index in [9.17, 15) is 9.59 Å². The summed E-state index contributed by atoms with van der Waals surface area (Å²) in [6.07, 6.45) is 6.28. The lowest BCUT2D eigenvalue weighted by molar-refractivity contribution is -0.115. The highest BCUT2D eigenvalue weighted by Gasteiger charge is 2.45. The number of oxime groups is 1. The van der Waals surface area contributed by atoms with Crippen LogP contribution in [-0.4, -0.2) is 46.2 Å². The lowest BCUT2D eigenvalue weighted by Crippen LogP contribution is -2.52. The smallest absolute Gasteiger partial charge is 0.321 e. The summed E-state index contributed by atoms with van der Waals surface area (Å²) < 4.78 is 0. The molecule has 31 heavy (non-hydrogen) atoms. The Kier molecular flexibility index (Phi) is 6.16. The van der Waals surface area contributed by atoms with E-state index in [0.29, 0.717) is 31.8 Å². The first-order chi connectivity index (χ1) is 15.1. The predicted octanol–water partition coefficient (Wildman–Crippen LogP) is 3.10. The number of carbonyl (C=O) groups excluding carboxylic acids is 2. The normalized spacial score (nSPS) is 20.2. The average Bonchev–Trinajstić information content (AvgIpc) is 3.21. The summed E-state index contributed by atoms with van der Waals surface area (Å²) in [5.41, 5.74) is 2.68. The number of aromatic nitrogens is 1. The summed E-state index contributed by atoms with van der Waals surface area (Å²) in [4.78, 5) is 36.7. The lowest BCUT2D eigenvalue weighted by Gasteiger charge is -2.38. The molecule has 1 saturated heterocycles. The van der Waals surface area contributed by atoms with Gasteiger partial charge in [0.05, 0.1) is 6.54 Å². The van der Waals surface area contributed by atoms with E-state index in [1.54, 1.807) is 17.3 Å². The van der Waals surface area contributed by atoms with Crippen LogP contribution in [0.3, 0.4) is 0 Å². The third-order valence-corrected chi connectivity index (χ3v) is 5.74. The van der Waals surface area contributed by atoms with Crippen molar-refractivity contribution in [1.82, 2.24) is 15.2 Å². The highest BCUT2D eigenvalue weighted by Crippen LogP contribution is 2.33. The van der Waals surface area contributed by atoms with Crippen LogP contribution in [0.5, 0.6) is 0 Å². The zero-order valence-corrected chi connectivity index (χ0v) is 17.6. The van der Waals surface area contributed by atoms with Crippen molar-refractivity contribution < 1.29 is 14.4 Å². The van der Waals surface area contributed by atoms with Crippen LogP contribution >= 0.6 is 0 Å². The van der Waals surface area contributed by atoms with Crippen molar-refractivity contribution in [2.75, 3.05) is 18.4 Å². The van der Waals surface area contributed by atoms with E-state index in [-0.39, 0.29) is 11.9 Å². The Hall–Kier alpha value is -3.42. The van der Waals surface area contributed by atoms with E-state index >= 15 is 0 Å². The Balaban J connectivity index is 1.31. The molecule has 1 spiro atoms. The Morgan fingerprint density at radius 1 is 1.13 bits per heavy atom. The summed E-state index contributed by atoms with van der Waals surface area (Å²) in [5.74, 6) is -0.244. The third kappa shape index (κ3) is 5.02. The van der Waals surface area contributed by atoms with Gasteiger partial charge < -0.3 is 20.4 Å². The summed E-state index contributed by atoms with van der Waals surface area (Å²) in [6, 6.07) is 11.4. The van der Waals surface area contributed by atoms with Crippen molar-refractivity contribution in [1.29, 1.82) is 0 Å². The van der Waals surface area contributed by atoms with Gasteiger partial charge in [0.1, 0.15) is 5.71 Å². The molecule has 2 aliphatic heterocycles. The zero-order valence-electron chi connectivity index (χ0n) is 17.6. The SMILES string of the molecule is CCc1ccc(NC(=O)N2CCC[C@]3(CC(C(=O)NCc4ccncc4)=NO3)C2)cc1. The van der Waals surface area contributed by atoms with Crippen LogP contribution in [0.4, 0.5) is 10.5 Å². The van der Waals surface area contributed by atoms with Crippen molar-refractivity contribution in [2.45, 2.75) is 44.8 Å². The summed E-state index contributed by atoms with van der Waals surface area (Å²) in [6.45, 7) is 3.54. The number of pyridine rings is 1. The first-order valence-corrected chi connectivity index (χ1v) is 10.6. The minimum absolute atomic E-state index is 0.164. The van der Waals surface area contributed by atoms with Crippen LogP contribution in [0.2, 0.25) is 0 Å². The number of piperidine rings is 1. The first-order valence-electron chi connectivity index (χ1n) is 10.6. The number of amides is 3. The summed E-state index contributed by atoms with van der Waals surface area (Å²) in [5, 5.41) is 9.88. The summed E-state index contributed by atoms with van der Waals surface area (Å²) in [7, 11) is 0. The number of anilines is 1. The molecule has 8 heteroatoms. The van der Waals surface area contributed by atoms with Crippen LogP contribution in [-0.2, 0) is 22.6 Å². The second kappa shape index (κ2) is 9.16. The lowest BCUT2D eigenvalue weighted by atomic mass is 9.88. The standard InChI is InChI=1S/C23H27N5O3/c1-2-17-4-6-19(7-5-17)26-22(30)28-13-3-10-23(16-28)14-20(27-31-23)21(29)25-15-18-8-11-24-12-9-18/h4-9,11-12H,2-3,10,13-16H2,1H3,(H,25,29)(H,26,30)/t23-/m0/s1. The second-order valence-electron chi connectivity index (χ2n) is 8.03. The molecule has 2 N–H and O–H groups in total. The van der Waals surface area contributed by atoms with Gasteiger partial charge in [0, 0.05) is 37.6 Å². The fourth-order valence-electron chi connectivity index (χ4n) is 3.94. The molecule has 2 aliphatic rings. The minimum Gasteiger partial charge on any atom is -0.386 e. The van der Waals surface area contributed by atoms with E-state index in [4.69, 9.17) is 4.84 Å². The molecule has 0 bridgehead atoms. The number of aryl methyl sites for hydroxylation is 1. The number of benzene rings is 1. The van der Waals surface area contributed by atoms with Gasteiger partial charge in [-0.1, -0.05) is 24.2 Å². The van der Waals surface area contributed by atoms with Crippen molar-refractivity contribution in [3.8, 4) is 0 Å². The Labute approximate surface area is 181 Å². The molecule has 0 unspecified atom stereocenters. The van der Waals surface area contributed by atoms with Crippen LogP contribution in [0.15, 0.2) is 53.9 Å². The number of hydrogen-bond donors (Lipinski definition) is 2. The maximum atomic E-state index is 12.8. The Morgan fingerprint density at radius 2 is 1.90 bits per heavy atom. The maximum Gasteiger partial charge on any atom is 0.321 e. The molecule has 0 aliphatic carbocycles. The highest BCUT2D eigenvalue weighted by molar-refractivity contribution is 6.39. The molecule has 1 atom stereocenters. The Morgan fingerprint density at radius 3 is 2.65 bits per heavy atom. The molecular formula is C23H27N5O3. The molecule has 0 saturated carbocycles. The van der Waals surface area contributed by atoms with Crippen molar-refractivity contribution in [2.24, 2.45) is 5.16 Å². The average molecular weight is 422 g/mol.